The number of imidazole rings is 1. The number of aliphatic carboxylic acids is 2. The highest BCUT2D eigenvalue weighted by Gasteiger charge is 2.38. The van der Waals surface area contributed by atoms with Crippen LogP contribution in [0, 0.1) is 5.92 Å². The molecule has 13 heteroatoms. The Balaban J connectivity index is 2.06. The predicted molar refractivity (Wildman–Crippen MR) is 123 cm³/mol. The van der Waals surface area contributed by atoms with Crippen LogP contribution in [0.4, 0.5) is 0 Å². The van der Waals surface area contributed by atoms with Crippen molar-refractivity contribution in [2.24, 2.45) is 11.7 Å². The zero-order valence-corrected chi connectivity index (χ0v) is 19.9. The fourth-order valence-corrected chi connectivity index (χ4v) is 4.00. The molecule has 13 nitrogen and oxygen atoms in total. The van der Waals surface area contributed by atoms with Gasteiger partial charge >= 0.3 is 11.9 Å². The van der Waals surface area contributed by atoms with Crippen molar-refractivity contribution in [3.8, 4) is 0 Å². The number of carboxylic acid groups (broad SMARTS) is 2. The third kappa shape index (κ3) is 8.35. The molecule has 0 aliphatic carbocycles. The molecule has 194 valence electrons. The summed E-state index contributed by atoms with van der Waals surface area (Å²) < 4.78 is 0. The molecule has 0 aromatic carbocycles. The molecule has 7 N–H and O–H groups in total. The van der Waals surface area contributed by atoms with E-state index in [2.05, 4.69) is 20.6 Å². The van der Waals surface area contributed by atoms with Crippen molar-refractivity contribution in [1.29, 1.82) is 0 Å². The number of hydrogen-bond donors (Lipinski definition) is 6. The summed E-state index contributed by atoms with van der Waals surface area (Å²) in [5.74, 6) is -4.21. The van der Waals surface area contributed by atoms with Gasteiger partial charge in [0.2, 0.25) is 17.7 Å². The van der Waals surface area contributed by atoms with Gasteiger partial charge in [-0.3, -0.25) is 19.2 Å². The summed E-state index contributed by atoms with van der Waals surface area (Å²) in [6.45, 7) is 4.03. The third-order valence-electron chi connectivity index (χ3n) is 5.75. The van der Waals surface area contributed by atoms with Crippen molar-refractivity contribution in [3.63, 3.8) is 0 Å². The van der Waals surface area contributed by atoms with Gasteiger partial charge in [0, 0.05) is 31.3 Å². The second-order valence-corrected chi connectivity index (χ2v) is 9.10. The van der Waals surface area contributed by atoms with Crippen LogP contribution in [0.2, 0.25) is 0 Å². The quantitative estimate of drug-likeness (QED) is 0.203. The molecule has 1 aliphatic heterocycles. The van der Waals surface area contributed by atoms with E-state index in [-0.39, 0.29) is 31.1 Å². The van der Waals surface area contributed by atoms with E-state index < -0.39 is 54.3 Å². The summed E-state index contributed by atoms with van der Waals surface area (Å²) in [4.78, 5) is 69.3. The van der Waals surface area contributed by atoms with Crippen LogP contribution in [0.1, 0.15) is 51.6 Å². The van der Waals surface area contributed by atoms with E-state index in [1.165, 1.54) is 11.2 Å². The second-order valence-electron chi connectivity index (χ2n) is 9.10. The standard InChI is InChI=1S/C22H34N6O7/c1-12(2)8-16(19(31)26-15(22(34)35)5-6-18(29)30)27-20(32)17-4-3-7-28(17)21(33)14(23)9-13-10-24-11-25-13/h10-12,14-17H,3-9,23H2,1-2H3,(H,24,25)(H,26,31)(H,27,32)(H,29,30)(H,34,35). The first kappa shape index (κ1) is 27.8. The summed E-state index contributed by atoms with van der Waals surface area (Å²) in [6, 6.07) is -4.13. The van der Waals surface area contributed by atoms with Gasteiger partial charge in [-0.1, -0.05) is 13.8 Å². The monoisotopic (exact) mass is 494 g/mol. The van der Waals surface area contributed by atoms with Crippen LogP contribution in [0.5, 0.6) is 0 Å². The summed E-state index contributed by atoms with van der Waals surface area (Å²) in [5, 5.41) is 23.1. The number of amides is 3. The van der Waals surface area contributed by atoms with E-state index in [1.807, 2.05) is 13.8 Å². The van der Waals surface area contributed by atoms with Crippen molar-refractivity contribution in [2.45, 2.75) is 76.5 Å². The van der Waals surface area contributed by atoms with Crippen LogP contribution in [0.15, 0.2) is 12.5 Å². The lowest BCUT2D eigenvalue weighted by Gasteiger charge is -2.29. The number of nitrogens with two attached hydrogens (primary N) is 1. The highest BCUT2D eigenvalue weighted by molar-refractivity contribution is 5.94. The Morgan fingerprint density at radius 2 is 1.91 bits per heavy atom. The number of aromatic amines is 1. The average Bonchev–Trinajstić information content (AvgIpc) is 3.46. The fraction of sp³-hybridized carbons (Fsp3) is 0.636. The highest BCUT2D eigenvalue weighted by atomic mass is 16.4. The molecular weight excluding hydrogens is 460 g/mol. The third-order valence-corrected chi connectivity index (χ3v) is 5.75. The number of carbonyl (C=O) groups excluding carboxylic acids is 3. The predicted octanol–water partition coefficient (Wildman–Crippen LogP) is -0.764. The molecule has 1 aromatic rings. The van der Waals surface area contributed by atoms with E-state index in [4.69, 9.17) is 10.8 Å². The number of carboxylic acids is 2. The minimum atomic E-state index is -1.41. The van der Waals surface area contributed by atoms with E-state index >= 15 is 0 Å². The van der Waals surface area contributed by atoms with Crippen LogP contribution in [-0.2, 0) is 30.4 Å². The Morgan fingerprint density at radius 1 is 1.20 bits per heavy atom. The molecule has 2 rings (SSSR count). The molecule has 4 unspecified atom stereocenters. The van der Waals surface area contributed by atoms with Gasteiger partial charge in [-0.2, -0.15) is 0 Å². The highest BCUT2D eigenvalue weighted by Crippen LogP contribution is 2.20. The number of hydrogen-bond acceptors (Lipinski definition) is 7. The van der Waals surface area contributed by atoms with Gasteiger partial charge in [-0.05, 0) is 31.6 Å². The topological polar surface area (TPSA) is 208 Å². The number of aromatic nitrogens is 2. The van der Waals surface area contributed by atoms with Gasteiger partial charge in [0.25, 0.3) is 0 Å². The number of nitrogens with zero attached hydrogens (tertiary/aromatic N) is 2. The molecule has 0 saturated carbocycles. The van der Waals surface area contributed by atoms with Crippen LogP contribution in [-0.4, -0.2) is 85.5 Å². The smallest absolute Gasteiger partial charge is 0.326 e. The first-order valence-corrected chi connectivity index (χ1v) is 11.6. The second kappa shape index (κ2) is 12.8. The van der Waals surface area contributed by atoms with Crippen LogP contribution >= 0.6 is 0 Å². The van der Waals surface area contributed by atoms with Crippen LogP contribution in [0.25, 0.3) is 0 Å². The number of H-pyrrole nitrogens is 1. The van der Waals surface area contributed by atoms with Gasteiger partial charge in [-0.25, -0.2) is 9.78 Å². The molecule has 1 aliphatic rings. The lowest BCUT2D eigenvalue weighted by molar-refractivity contribution is -0.144. The first-order valence-electron chi connectivity index (χ1n) is 11.6. The Morgan fingerprint density at radius 3 is 2.49 bits per heavy atom. The summed E-state index contributed by atoms with van der Waals surface area (Å²) in [7, 11) is 0. The lowest BCUT2D eigenvalue weighted by atomic mass is 10.0. The maximum Gasteiger partial charge on any atom is 0.326 e. The fourth-order valence-electron chi connectivity index (χ4n) is 4.00. The van der Waals surface area contributed by atoms with Crippen molar-refractivity contribution in [3.05, 3.63) is 18.2 Å². The molecule has 1 aromatic heterocycles. The maximum atomic E-state index is 13.1. The van der Waals surface area contributed by atoms with Crippen LogP contribution in [0.3, 0.4) is 0 Å². The molecule has 2 heterocycles. The van der Waals surface area contributed by atoms with E-state index in [0.29, 0.717) is 25.1 Å². The Kier molecular flexibility index (Phi) is 10.2. The Labute approximate surface area is 202 Å². The number of likely N-dealkylation sites (tertiary alicyclic amines) is 1. The van der Waals surface area contributed by atoms with Crippen molar-refractivity contribution >= 4 is 29.7 Å². The molecule has 0 radical (unpaired) electrons. The van der Waals surface area contributed by atoms with Gasteiger partial charge in [-0.15, -0.1) is 0 Å². The van der Waals surface area contributed by atoms with E-state index in [9.17, 15) is 29.1 Å². The zero-order chi connectivity index (χ0) is 26.1. The Hall–Kier alpha value is -3.48. The van der Waals surface area contributed by atoms with Crippen molar-refractivity contribution < 1.29 is 34.2 Å². The number of nitrogens with one attached hydrogen (secondary N) is 3. The van der Waals surface area contributed by atoms with E-state index in [1.54, 1.807) is 6.20 Å². The molecule has 35 heavy (non-hydrogen) atoms. The molecule has 4 atom stereocenters. The zero-order valence-electron chi connectivity index (χ0n) is 19.9. The number of carbonyl (C=O) groups is 5. The number of rotatable bonds is 13. The summed E-state index contributed by atoms with van der Waals surface area (Å²) in [5.41, 5.74) is 6.76. The Bertz CT molecular complexity index is 904. The normalized spacial score (nSPS) is 18.1. The minimum absolute atomic E-state index is 0.0162. The average molecular weight is 495 g/mol. The van der Waals surface area contributed by atoms with Gasteiger partial charge in [0.05, 0.1) is 12.4 Å². The lowest BCUT2D eigenvalue weighted by Crippen LogP contribution is -2.57. The van der Waals surface area contributed by atoms with Gasteiger partial charge in [0.15, 0.2) is 0 Å². The maximum absolute atomic E-state index is 13.1. The molecular formula is C22H34N6O7. The van der Waals surface area contributed by atoms with Crippen LogP contribution < -0.4 is 16.4 Å². The first-order chi connectivity index (χ1) is 16.5. The van der Waals surface area contributed by atoms with Crippen molar-refractivity contribution in [1.82, 2.24) is 25.5 Å². The van der Waals surface area contributed by atoms with Gasteiger partial charge < -0.3 is 36.5 Å². The van der Waals surface area contributed by atoms with Crippen molar-refractivity contribution in [2.75, 3.05) is 6.54 Å². The summed E-state index contributed by atoms with van der Waals surface area (Å²) >= 11 is 0. The largest absolute Gasteiger partial charge is 0.481 e. The molecule has 0 bridgehead atoms. The molecule has 1 saturated heterocycles. The molecule has 0 spiro atoms. The molecule has 3 amide bonds. The minimum Gasteiger partial charge on any atom is -0.481 e. The molecule has 1 fully saturated rings. The summed E-state index contributed by atoms with van der Waals surface area (Å²) in [6.07, 6.45) is 3.77. The van der Waals surface area contributed by atoms with Gasteiger partial charge in [0.1, 0.15) is 18.1 Å². The van der Waals surface area contributed by atoms with E-state index in [0.717, 1.165) is 0 Å². The SMILES string of the molecule is CC(C)CC(NC(=O)C1CCCN1C(=O)C(N)Cc1cnc[nH]1)C(=O)NC(CCC(=O)O)C(=O)O.